The molecule has 2 aliphatic rings. The van der Waals surface area contributed by atoms with Crippen molar-refractivity contribution in [2.24, 2.45) is 11.8 Å². The van der Waals surface area contributed by atoms with Crippen molar-refractivity contribution in [1.82, 2.24) is 10.2 Å². The van der Waals surface area contributed by atoms with Gasteiger partial charge >= 0.3 is 5.97 Å². The zero-order valence-electron chi connectivity index (χ0n) is 13.3. The summed E-state index contributed by atoms with van der Waals surface area (Å²) in [4.78, 5) is 14.9. The average Bonchev–Trinajstić information content (AvgIpc) is 3.27. The maximum Gasteiger partial charge on any atom is 0.327 e. The van der Waals surface area contributed by atoms with Gasteiger partial charge in [0.25, 0.3) is 0 Å². The van der Waals surface area contributed by atoms with Crippen LogP contribution in [0.15, 0.2) is 0 Å². The molecule has 0 radical (unpaired) electrons. The summed E-state index contributed by atoms with van der Waals surface area (Å²) in [7, 11) is 1.52. The number of carbonyl (C=O) groups excluding carboxylic acids is 1. The zero-order valence-corrected chi connectivity index (χ0v) is 13.3. The normalized spacial score (nSPS) is 27.1. The molecule has 116 valence electrons. The smallest absolute Gasteiger partial charge is 0.327 e. The van der Waals surface area contributed by atoms with Crippen molar-refractivity contribution in [2.75, 3.05) is 33.3 Å². The Kier molecular flexibility index (Phi) is 5.44. The molecule has 1 N–H and O–H groups in total. The highest BCUT2D eigenvalue weighted by Crippen LogP contribution is 2.41. The largest absolute Gasteiger partial charge is 0.468 e. The Morgan fingerprint density at radius 3 is 2.70 bits per heavy atom. The molecular formula is C16H30N2O2. The first-order chi connectivity index (χ1) is 9.62. The summed E-state index contributed by atoms with van der Waals surface area (Å²) >= 11 is 0. The second-order valence-electron chi connectivity index (χ2n) is 6.65. The third-order valence-corrected chi connectivity index (χ3v) is 4.73. The van der Waals surface area contributed by atoms with Gasteiger partial charge in [0, 0.05) is 13.1 Å². The number of hydrogen-bond donors (Lipinski definition) is 1. The van der Waals surface area contributed by atoms with E-state index in [2.05, 4.69) is 24.1 Å². The van der Waals surface area contributed by atoms with E-state index in [1.165, 1.54) is 20.0 Å². The van der Waals surface area contributed by atoms with Gasteiger partial charge in [0.2, 0.25) is 0 Å². The van der Waals surface area contributed by atoms with Gasteiger partial charge in [0.05, 0.1) is 7.11 Å². The molecular weight excluding hydrogens is 252 g/mol. The summed E-state index contributed by atoms with van der Waals surface area (Å²) in [5.41, 5.74) is -0.470. The van der Waals surface area contributed by atoms with E-state index >= 15 is 0 Å². The van der Waals surface area contributed by atoms with Crippen LogP contribution in [-0.2, 0) is 9.53 Å². The van der Waals surface area contributed by atoms with Crippen molar-refractivity contribution in [1.29, 1.82) is 0 Å². The van der Waals surface area contributed by atoms with E-state index in [4.69, 9.17) is 4.74 Å². The number of carbonyl (C=O) groups is 1. The number of likely N-dealkylation sites (tertiary alicyclic amines) is 1. The van der Waals surface area contributed by atoms with Crippen LogP contribution >= 0.6 is 0 Å². The highest BCUT2D eigenvalue weighted by atomic mass is 16.5. The van der Waals surface area contributed by atoms with Gasteiger partial charge in [-0.2, -0.15) is 0 Å². The van der Waals surface area contributed by atoms with Gasteiger partial charge in [-0.15, -0.1) is 0 Å². The molecule has 0 aromatic heterocycles. The standard InChI is InChI=1S/C16H30N2O2/c1-4-9-17-16(14-7-8-14,15(19)20-3)12-18-10-5-6-13(2)11-18/h13-14,17H,4-12H2,1-3H3. The van der Waals surface area contributed by atoms with Crippen molar-refractivity contribution in [3.8, 4) is 0 Å². The fourth-order valence-corrected chi connectivity index (χ4v) is 3.52. The van der Waals surface area contributed by atoms with Gasteiger partial charge in [0.15, 0.2) is 0 Å². The van der Waals surface area contributed by atoms with Crippen molar-refractivity contribution in [3.63, 3.8) is 0 Å². The summed E-state index contributed by atoms with van der Waals surface area (Å²) in [6.07, 6.45) is 5.90. The summed E-state index contributed by atoms with van der Waals surface area (Å²) in [6.45, 7) is 8.38. The van der Waals surface area contributed by atoms with E-state index < -0.39 is 5.54 Å². The lowest BCUT2D eigenvalue weighted by Crippen LogP contribution is -2.62. The number of methoxy groups -OCH3 is 1. The topological polar surface area (TPSA) is 41.6 Å². The number of nitrogens with zero attached hydrogens (tertiary/aromatic N) is 1. The molecule has 1 aliphatic heterocycles. The SMILES string of the molecule is CCCNC(CN1CCCC(C)C1)(C(=O)OC)C1CC1. The van der Waals surface area contributed by atoms with E-state index in [0.29, 0.717) is 5.92 Å². The van der Waals surface area contributed by atoms with Crippen LogP contribution < -0.4 is 5.32 Å². The van der Waals surface area contributed by atoms with Crippen LogP contribution in [0.25, 0.3) is 0 Å². The molecule has 0 aromatic rings. The number of piperidine rings is 1. The van der Waals surface area contributed by atoms with Gasteiger partial charge < -0.3 is 15.0 Å². The van der Waals surface area contributed by atoms with Gasteiger partial charge in [-0.05, 0) is 57.0 Å². The Labute approximate surface area is 123 Å². The average molecular weight is 282 g/mol. The Morgan fingerprint density at radius 2 is 2.15 bits per heavy atom. The number of ether oxygens (including phenoxy) is 1. The van der Waals surface area contributed by atoms with Gasteiger partial charge in [0.1, 0.15) is 5.54 Å². The molecule has 2 rings (SSSR count). The number of rotatable bonds is 7. The first-order valence-electron chi connectivity index (χ1n) is 8.18. The summed E-state index contributed by atoms with van der Waals surface area (Å²) < 4.78 is 5.15. The van der Waals surface area contributed by atoms with Crippen molar-refractivity contribution < 1.29 is 9.53 Å². The molecule has 1 saturated heterocycles. The lowest BCUT2D eigenvalue weighted by Gasteiger charge is -2.40. The number of nitrogens with one attached hydrogen (secondary N) is 1. The van der Waals surface area contributed by atoms with Gasteiger partial charge in [-0.1, -0.05) is 13.8 Å². The minimum Gasteiger partial charge on any atom is -0.468 e. The fourth-order valence-electron chi connectivity index (χ4n) is 3.52. The lowest BCUT2D eigenvalue weighted by atomic mass is 9.90. The molecule has 1 aliphatic carbocycles. The fraction of sp³-hybridized carbons (Fsp3) is 0.938. The highest BCUT2D eigenvalue weighted by Gasteiger charge is 2.52. The Morgan fingerprint density at radius 1 is 1.40 bits per heavy atom. The van der Waals surface area contributed by atoms with Crippen molar-refractivity contribution in [2.45, 2.75) is 51.5 Å². The molecule has 1 heterocycles. The Balaban J connectivity index is 2.09. The summed E-state index contributed by atoms with van der Waals surface area (Å²) in [5.74, 6) is 1.13. The first-order valence-corrected chi connectivity index (χ1v) is 8.18. The minimum absolute atomic E-state index is 0.0633. The van der Waals surface area contributed by atoms with Crippen LogP contribution in [0.5, 0.6) is 0 Å². The predicted octanol–water partition coefficient (Wildman–Crippen LogP) is 2.04. The van der Waals surface area contributed by atoms with Crippen LogP contribution in [0.2, 0.25) is 0 Å². The van der Waals surface area contributed by atoms with E-state index in [-0.39, 0.29) is 5.97 Å². The van der Waals surface area contributed by atoms with Crippen molar-refractivity contribution in [3.05, 3.63) is 0 Å². The van der Waals surface area contributed by atoms with Gasteiger partial charge in [-0.25, -0.2) is 4.79 Å². The van der Waals surface area contributed by atoms with E-state index in [1.807, 2.05) is 0 Å². The van der Waals surface area contributed by atoms with Crippen LogP contribution in [0.4, 0.5) is 0 Å². The molecule has 4 nitrogen and oxygen atoms in total. The zero-order chi connectivity index (χ0) is 14.6. The molecule has 2 fully saturated rings. The summed E-state index contributed by atoms with van der Waals surface area (Å²) in [5, 5.41) is 3.54. The Bertz CT molecular complexity index is 330. The van der Waals surface area contributed by atoms with E-state index in [9.17, 15) is 4.79 Å². The third kappa shape index (κ3) is 3.53. The molecule has 1 saturated carbocycles. The molecule has 4 heteroatoms. The molecule has 0 spiro atoms. The predicted molar refractivity (Wildman–Crippen MR) is 80.6 cm³/mol. The van der Waals surface area contributed by atoms with Crippen LogP contribution in [0, 0.1) is 11.8 Å². The lowest BCUT2D eigenvalue weighted by molar-refractivity contribution is -0.151. The second kappa shape index (κ2) is 6.90. The van der Waals surface area contributed by atoms with E-state index in [1.54, 1.807) is 0 Å². The summed E-state index contributed by atoms with van der Waals surface area (Å²) in [6, 6.07) is 0. The highest BCUT2D eigenvalue weighted by molar-refractivity contribution is 5.82. The van der Waals surface area contributed by atoms with E-state index in [0.717, 1.165) is 51.4 Å². The molecule has 0 amide bonds. The number of hydrogen-bond acceptors (Lipinski definition) is 4. The molecule has 2 atom stereocenters. The molecule has 0 bridgehead atoms. The van der Waals surface area contributed by atoms with Crippen LogP contribution in [0.3, 0.4) is 0 Å². The maximum absolute atomic E-state index is 12.5. The molecule has 20 heavy (non-hydrogen) atoms. The monoisotopic (exact) mass is 282 g/mol. The van der Waals surface area contributed by atoms with Crippen molar-refractivity contribution >= 4 is 5.97 Å². The molecule has 0 aromatic carbocycles. The maximum atomic E-state index is 12.5. The minimum atomic E-state index is -0.470. The van der Waals surface area contributed by atoms with Crippen LogP contribution in [0.1, 0.15) is 46.0 Å². The first kappa shape index (κ1) is 15.8. The third-order valence-electron chi connectivity index (χ3n) is 4.73. The Hall–Kier alpha value is -0.610. The molecule has 2 unspecified atom stereocenters. The van der Waals surface area contributed by atoms with Gasteiger partial charge in [-0.3, -0.25) is 0 Å². The number of esters is 1. The van der Waals surface area contributed by atoms with Crippen LogP contribution in [-0.4, -0.2) is 49.7 Å². The quantitative estimate of drug-likeness (QED) is 0.726. The second-order valence-corrected chi connectivity index (χ2v) is 6.65.